The predicted octanol–water partition coefficient (Wildman–Crippen LogP) is 2.36. The number of aliphatic hydroxyl groups is 1. The molecule has 0 aliphatic carbocycles. The zero-order chi connectivity index (χ0) is 14.2. The first-order valence-electron chi connectivity index (χ1n) is 7.94. The van der Waals surface area contributed by atoms with Crippen molar-refractivity contribution in [2.24, 2.45) is 0 Å². The molecule has 0 saturated carbocycles. The standard InChI is InChI=1S/C17H28N2O/c1-2-18(12-13-20)15-17-10-6-7-11-19(17)14-16-8-4-3-5-9-16/h3-5,8-9,17,20H,2,6-7,10-15H2,1H3/t17-/m1/s1. The number of piperidine rings is 1. The molecule has 1 saturated heterocycles. The van der Waals surface area contributed by atoms with Gasteiger partial charge in [0.1, 0.15) is 0 Å². The van der Waals surface area contributed by atoms with Gasteiger partial charge < -0.3 is 5.11 Å². The van der Waals surface area contributed by atoms with Gasteiger partial charge in [0.15, 0.2) is 0 Å². The number of rotatable bonds is 7. The van der Waals surface area contributed by atoms with Crippen LogP contribution in [-0.4, -0.2) is 53.7 Å². The van der Waals surface area contributed by atoms with Crippen LogP contribution in [-0.2, 0) is 6.54 Å². The highest BCUT2D eigenvalue weighted by Crippen LogP contribution is 2.20. The van der Waals surface area contributed by atoms with Gasteiger partial charge >= 0.3 is 0 Å². The van der Waals surface area contributed by atoms with Crippen LogP contribution in [0.25, 0.3) is 0 Å². The molecule has 3 heteroatoms. The molecule has 112 valence electrons. The first-order chi connectivity index (χ1) is 9.83. The van der Waals surface area contributed by atoms with E-state index in [1.807, 2.05) is 0 Å². The highest BCUT2D eigenvalue weighted by atomic mass is 16.3. The maximum absolute atomic E-state index is 9.14. The number of likely N-dealkylation sites (N-methyl/N-ethyl adjacent to an activating group) is 1. The second-order valence-electron chi connectivity index (χ2n) is 5.72. The van der Waals surface area contributed by atoms with Gasteiger partial charge in [-0.2, -0.15) is 0 Å². The molecule has 1 fully saturated rings. The van der Waals surface area contributed by atoms with Crippen LogP contribution >= 0.6 is 0 Å². The molecule has 3 nitrogen and oxygen atoms in total. The third kappa shape index (κ3) is 4.58. The van der Waals surface area contributed by atoms with Crippen molar-refractivity contribution in [2.45, 2.75) is 38.8 Å². The first kappa shape index (κ1) is 15.5. The number of benzene rings is 1. The highest BCUT2D eigenvalue weighted by molar-refractivity contribution is 5.14. The SMILES string of the molecule is CCN(CCO)C[C@H]1CCCCN1Cc1ccccc1. The number of nitrogens with zero attached hydrogens (tertiary/aromatic N) is 2. The zero-order valence-corrected chi connectivity index (χ0v) is 12.7. The van der Waals surface area contributed by atoms with E-state index >= 15 is 0 Å². The lowest BCUT2D eigenvalue weighted by Crippen LogP contribution is -2.46. The van der Waals surface area contributed by atoms with Crippen molar-refractivity contribution in [3.63, 3.8) is 0 Å². The van der Waals surface area contributed by atoms with E-state index in [-0.39, 0.29) is 6.61 Å². The van der Waals surface area contributed by atoms with Crippen molar-refractivity contribution in [1.82, 2.24) is 9.80 Å². The topological polar surface area (TPSA) is 26.7 Å². The van der Waals surface area contributed by atoms with Gasteiger partial charge in [0.25, 0.3) is 0 Å². The van der Waals surface area contributed by atoms with Gasteiger partial charge in [-0.05, 0) is 31.5 Å². The van der Waals surface area contributed by atoms with Gasteiger partial charge in [0.05, 0.1) is 6.61 Å². The van der Waals surface area contributed by atoms with Crippen LogP contribution in [0.2, 0.25) is 0 Å². The van der Waals surface area contributed by atoms with Crippen molar-refractivity contribution >= 4 is 0 Å². The summed E-state index contributed by atoms with van der Waals surface area (Å²) in [5.74, 6) is 0. The van der Waals surface area contributed by atoms with Gasteiger partial charge in [-0.25, -0.2) is 0 Å². The maximum Gasteiger partial charge on any atom is 0.0558 e. The van der Waals surface area contributed by atoms with Crippen molar-refractivity contribution in [2.75, 3.05) is 32.8 Å². The second kappa shape index (κ2) is 8.40. The van der Waals surface area contributed by atoms with Gasteiger partial charge in [-0.3, -0.25) is 9.80 Å². The summed E-state index contributed by atoms with van der Waals surface area (Å²) >= 11 is 0. The van der Waals surface area contributed by atoms with Crippen LogP contribution in [0, 0.1) is 0 Å². The highest BCUT2D eigenvalue weighted by Gasteiger charge is 2.23. The van der Waals surface area contributed by atoms with E-state index in [0.29, 0.717) is 6.04 Å². The molecule has 0 bridgehead atoms. The molecule has 1 aromatic carbocycles. The Balaban J connectivity index is 1.94. The molecule has 1 atom stereocenters. The Morgan fingerprint density at radius 2 is 2.05 bits per heavy atom. The summed E-state index contributed by atoms with van der Waals surface area (Å²) in [6.07, 6.45) is 3.94. The third-order valence-corrected chi connectivity index (χ3v) is 4.31. The zero-order valence-electron chi connectivity index (χ0n) is 12.7. The Bertz CT molecular complexity index is 369. The number of aliphatic hydroxyl groups excluding tert-OH is 1. The molecule has 0 unspecified atom stereocenters. The average molecular weight is 276 g/mol. The summed E-state index contributed by atoms with van der Waals surface area (Å²) in [6, 6.07) is 11.4. The van der Waals surface area contributed by atoms with Crippen LogP contribution in [0.3, 0.4) is 0 Å². The second-order valence-corrected chi connectivity index (χ2v) is 5.72. The summed E-state index contributed by atoms with van der Waals surface area (Å²) in [6.45, 7) is 7.62. The smallest absolute Gasteiger partial charge is 0.0558 e. The third-order valence-electron chi connectivity index (χ3n) is 4.31. The molecule has 1 aliphatic rings. The Labute approximate surface area is 123 Å². The molecular formula is C17H28N2O. The Hall–Kier alpha value is -0.900. The first-order valence-corrected chi connectivity index (χ1v) is 7.94. The minimum Gasteiger partial charge on any atom is -0.395 e. The van der Waals surface area contributed by atoms with E-state index in [0.717, 1.165) is 26.2 Å². The fourth-order valence-electron chi connectivity index (χ4n) is 3.11. The summed E-state index contributed by atoms with van der Waals surface area (Å²) in [7, 11) is 0. The van der Waals surface area contributed by atoms with Crippen LogP contribution in [0.1, 0.15) is 31.7 Å². The molecule has 2 rings (SSSR count). The van der Waals surface area contributed by atoms with Crippen LogP contribution < -0.4 is 0 Å². The lowest BCUT2D eigenvalue weighted by molar-refractivity contribution is 0.0912. The van der Waals surface area contributed by atoms with Crippen molar-refractivity contribution in [1.29, 1.82) is 0 Å². The Morgan fingerprint density at radius 1 is 1.25 bits per heavy atom. The lowest BCUT2D eigenvalue weighted by Gasteiger charge is -2.38. The Kier molecular flexibility index (Phi) is 6.51. The maximum atomic E-state index is 9.14. The van der Waals surface area contributed by atoms with E-state index in [9.17, 15) is 0 Å². The van der Waals surface area contributed by atoms with Crippen LogP contribution in [0.5, 0.6) is 0 Å². The molecule has 0 aromatic heterocycles. The fraction of sp³-hybridized carbons (Fsp3) is 0.647. The van der Waals surface area contributed by atoms with Crippen LogP contribution in [0.15, 0.2) is 30.3 Å². The Morgan fingerprint density at radius 3 is 2.75 bits per heavy atom. The quantitative estimate of drug-likeness (QED) is 0.828. The summed E-state index contributed by atoms with van der Waals surface area (Å²) < 4.78 is 0. The minimum atomic E-state index is 0.263. The average Bonchev–Trinajstić information content (AvgIpc) is 2.49. The molecule has 20 heavy (non-hydrogen) atoms. The van der Waals surface area contributed by atoms with Gasteiger partial charge in [-0.1, -0.05) is 43.7 Å². The molecule has 1 aromatic rings. The summed E-state index contributed by atoms with van der Waals surface area (Å²) in [5, 5.41) is 9.14. The molecule has 0 radical (unpaired) electrons. The molecule has 1 heterocycles. The van der Waals surface area contributed by atoms with Gasteiger partial charge in [0.2, 0.25) is 0 Å². The summed E-state index contributed by atoms with van der Waals surface area (Å²) in [5.41, 5.74) is 1.41. The van der Waals surface area contributed by atoms with Crippen molar-refractivity contribution in [3.05, 3.63) is 35.9 Å². The van der Waals surface area contributed by atoms with Crippen molar-refractivity contribution < 1.29 is 5.11 Å². The van der Waals surface area contributed by atoms with Crippen molar-refractivity contribution in [3.8, 4) is 0 Å². The van der Waals surface area contributed by atoms with E-state index in [1.165, 1.54) is 31.4 Å². The molecule has 1 N–H and O–H groups in total. The minimum absolute atomic E-state index is 0.263. The van der Waals surface area contributed by atoms with E-state index < -0.39 is 0 Å². The van der Waals surface area contributed by atoms with E-state index in [2.05, 4.69) is 47.1 Å². The molecule has 1 aliphatic heterocycles. The van der Waals surface area contributed by atoms with Crippen LogP contribution in [0.4, 0.5) is 0 Å². The van der Waals surface area contributed by atoms with Gasteiger partial charge in [-0.15, -0.1) is 0 Å². The normalized spacial score (nSPS) is 20.4. The number of hydrogen-bond donors (Lipinski definition) is 1. The summed E-state index contributed by atoms with van der Waals surface area (Å²) in [4.78, 5) is 4.99. The number of hydrogen-bond acceptors (Lipinski definition) is 3. The lowest BCUT2D eigenvalue weighted by atomic mass is 10.0. The van der Waals surface area contributed by atoms with E-state index in [4.69, 9.17) is 5.11 Å². The number of likely N-dealkylation sites (tertiary alicyclic amines) is 1. The predicted molar refractivity (Wildman–Crippen MR) is 83.7 cm³/mol. The van der Waals surface area contributed by atoms with Gasteiger partial charge in [0, 0.05) is 25.7 Å². The fourth-order valence-corrected chi connectivity index (χ4v) is 3.11. The molecule has 0 spiro atoms. The van der Waals surface area contributed by atoms with E-state index in [1.54, 1.807) is 0 Å². The molecular weight excluding hydrogens is 248 g/mol. The largest absolute Gasteiger partial charge is 0.395 e. The molecule has 0 amide bonds. The monoisotopic (exact) mass is 276 g/mol.